The van der Waals surface area contributed by atoms with Crippen LogP contribution in [0.15, 0.2) is 69.8 Å². The highest BCUT2D eigenvalue weighted by Gasteiger charge is 2.21. The van der Waals surface area contributed by atoms with E-state index in [9.17, 15) is 13.2 Å². The number of furan rings is 1. The second kappa shape index (κ2) is 9.36. The van der Waals surface area contributed by atoms with Crippen molar-refractivity contribution in [1.29, 1.82) is 0 Å². The lowest BCUT2D eigenvalue weighted by Crippen LogP contribution is -2.30. The highest BCUT2D eigenvalue weighted by molar-refractivity contribution is 9.10. The van der Waals surface area contributed by atoms with E-state index in [-0.39, 0.29) is 30.5 Å². The average Bonchev–Trinajstić information content (AvgIpc) is 3.19. The van der Waals surface area contributed by atoms with Crippen LogP contribution in [-0.2, 0) is 23.2 Å². The fourth-order valence-corrected chi connectivity index (χ4v) is 3.77. The zero-order valence-corrected chi connectivity index (χ0v) is 18.8. The Bertz CT molecular complexity index is 1130. The van der Waals surface area contributed by atoms with Crippen molar-refractivity contribution in [2.45, 2.75) is 13.1 Å². The number of hydrogen-bond acceptors (Lipinski definition) is 6. The highest BCUT2D eigenvalue weighted by atomic mass is 79.9. The zero-order chi connectivity index (χ0) is 21.7. The first-order valence-electron chi connectivity index (χ1n) is 8.89. The van der Waals surface area contributed by atoms with Crippen LogP contribution in [0.4, 0.5) is 0 Å². The molecule has 9 heteroatoms. The molecule has 0 saturated carbocycles. The number of benzene rings is 2. The van der Waals surface area contributed by atoms with E-state index in [2.05, 4.69) is 15.9 Å². The minimum atomic E-state index is -3.74. The molecule has 3 rings (SSSR count). The van der Waals surface area contributed by atoms with Gasteiger partial charge in [0.15, 0.2) is 11.5 Å². The standard InChI is InChI=1S/C21H20BrNO6S/c1-27-19-10-9-15(12-20(19)29-30(2,25)26)13-23(14-16-6-5-11-28-16)21(24)17-7-3-4-8-18(17)22/h3-12H,13-14H2,1-2H3. The Morgan fingerprint density at radius 3 is 2.47 bits per heavy atom. The van der Waals surface area contributed by atoms with Gasteiger partial charge in [0.2, 0.25) is 0 Å². The molecule has 3 aromatic rings. The second-order valence-corrected chi connectivity index (χ2v) is 8.92. The van der Waals surface area contributed by atoms with Crippen LogP contribution < -0.4 is 8.92 Å². The summed E-state index contributed by atoms with van der Waals surface area (Å²) in [5, 5.41) is 0. The highest BCUT2D eigenvalue weighted by Crippen LogP contribution is 2.30. The van der Waals surface area contributed by atoms with Crippen LogP contribution in [0.2, 0.25) is 0 Å². The minimum absolute atomic E-state index is 0.0591. The Morgan fingerprint density at radius 1 is 1.07 bits per heavy atom. The third-order valence-electron chi connectivity index (χ3n) is 4.16. The molecule has 0 bridgehead atoms. The molecule has 1 heterocycles. The Hall–Kier alpha value is -2.78. The number of carbonyl (C=O) groups is 1. The van der Waals surface area contributed by atoms with Crippen molar-refractivity contribution in [3.8, 4) is 11.5 Å². The molecule has 30 heavy (non-hydrogen) atoms. The maximum atomic E-state index is 13.2. The molecule has 0 aliphatic heterocycles. The molecule has 0 radical (unpaired) electrons. The number of methoxy groups -OCH3 is 1. The van der Waals surface area contributed by atoms with Crippen LogP contribution in [0, 0.1) is 0 Å². The summed E-state index contributed by atoms with van der Waals surface area (Å²) in [6, 6.07) is 15.6. The first kappa shape index (κ1) is 21.9. The Balaban J connectivity index is 1.94. The van der Waals surface area contributed by atoms with Gasteiger partial charge in [-0.1, -0.05) is 18.2 Å². The van der Waals surface area contributed by atoms with E-state index < -0.39 is 10.1 Å². The Labute approximate surface area is 183 Å². The van der Waals surface area contributed by atoms with Crippen LogP contribution in [0.3, 0.4) is 0 Å². The Morgan fingerprint density at radius 2 is 1.83 bits per heavy atom. The molecule has 0 aliphatic carbocycles. The molecular formula is C21H20BrNO6S. The number of nitrogens with zero attached hydrogens (tertiary/aromatic N) is 1. The Kier molecular flexibility index (Phi) is 6.84. The summed E-state index contributed by atoms with van der Waals surface area (Å²) in [6.45, 7) is 0.437. The summed E-state index contributed by atoms with van der Waals surface area (Å²) >= 11 is 3.42. The van der Waals surface area contributed by atoms with E-state index in [1.807, 2.05) is 6.07 Å². The topological polar surface area (TPSA) is 86.0 Å². The van der Waals surface area contributed by atoms with Crippen molar-refractivity contribution in [2.75, 3.05) is 13.4 Å². The van der Waals surface area contributed by atoms with E-state index >= 15 is 0 Å². The van der Waals surface area contributed by atoms with Gasteiger partial charge in [0.25, 0.3) is 5.91 Å². The van der Waals surface area contributed by atoms with Crippen molar-refractivity contribution in [1.82, 2.24) is 4.90 Å². The summed E-state index contributed by atoms with van der Waals surface area (Å²) < 4.78 is 39.5. The predicted molar refractivity (Wildman–Crippen MR) is 115 cm³/mol. The second-order valence-electron chi connectivity index (χ2n) is 6.49. The number of hydrogen-bond donors (Lipinski definition) is 0. The monoisotopic (exact) mass is 493 g/mol. The van der Waals surface area contributed by atoms with Gasteiger partial charge < -0.3 is 18.2 Å². The van der Waals surface area contributed by atoms with Gasteiger partial charge in [-0.3, -0.25) is 4.79 Å². The van der Waals surface area contributed by atoms with E-state index in [0.29, 0.717) is 21.4 Å². The first-order valence-corrected chi connectivity index (χ1v) is 11.5. The van der Waals surface area contributed by atoms with Crippen LogP contribution in [-0.4, -0.2) is 32.6 Å². The molecule has 1 amide bonds. The molecular weight excluding hydrogens is 474 g/mol. The van der Waals surface area contributed by atoms with Gasteiger partial charge in [-0.05, 0) is 57.9 Å². The molecule has 0 aliphatic rings. The number of amides is 1. The van der Waals surface area contributed by atoms with Crippen LogP contribution >= 0.6 is 15.9 Å². The molecule has 2 aromatic carbocycles. The number of halogens is 1. The SMILES string of the molecule is COc1ccc(CN(Cc2ccco2)C(=O)c2ccccc2Br)cc1OS(C)(=O)=O. The van der Waals surface area contributed by atoms with Gasteiger partial charge >= 0.3 is 10.1 Å². The molecule has 0 spiro atoms. The molecule has 0 N–H and O–H groups in total. The van der Waals surface area contributed by atoms with Gasteiger partial charge in [-0.2, -0.15) is 8.42 Å². The molecule has 158 valence electrons. The molecule has 0 fully saturated rings. The van der Waals surface area contributed by atoms with E-state index in [1.165, 1.54) is 7.11 Å². The maximum absolute atomic E-state index is 13.2. The predicted octanol–water partition coefficient (Wildman–Crippen LogP) is 4.23. The van der Waals surface area contributed by atoms with Gasteiger partial charge in [0.1, 0.15) is 5.76 Å². The lowest BCUT2D eigenvalue weighted by Gasteiger charge is -2.23. The largest absolute Gasteiger partial charge is 0.493 e. The fraction of sp³-hybridized carbons (Fsp3) is 0.190. The van der Waals surface area contributed by atoms with Gasteiger partial charge in [-0.25, -0.2) is 0 Å². The summed E-state index contributed by atoms with van der Waals surface area (Å²) in [7, 11) is -2.32. The smallest absolute Gasteiger partial charge is 0.306 e. The van der Waals surface area contributed by atoms with Gasteiger partial charge in [-0.15, -0.1) is 0 Å². The van der Waals surface area contributed by atoms with Crippen molar-refractivity contribution < 1.29 is 26.5 Å². The summed E-state index contributed by atoms with van der Waals surface area (Å²) in [6.07, 6.45) is 2.50. The van der Waals surface area contributed by atoms with Gasteiger partial charge in [0.05, 0.1) is 31.7 Å². The van der Waals surface area contributed by atoms with E-state index in [1.54, 1.807) is 59.7 Å². The lowest BCUT2D eigenvalue weighted by molar-refractivity contribution is 0.0716. The fourth-order valence-electron chi connectivity index (χ4n) is 2.86. The van der Waals surface area contributed by atoms with Crippen LogP contribution in [0.5, 0.6) is 11.5 Å². The first-order chi connectivity index (χ1) is 14.3. The van der Waals surface area contributed by atoms with Crippen molar-refractivity contribution in [3.05, 3.63) is 82.2 Å². The maximum Gasteiger partial charge on any atom is 0.306 e. The normalized spacial score (nSPS) is 11.2. The molecule has 0 saturated heterocycles. The number of carbonyl (C=O) groups excluding carboxylic acids is 1. The van der Waals surface area contributed by atoms with Crippen molar-refractivity contribution >= 4 is 32.0 Å². The third kappa shape index (κ3) is 5.64. The lowest BCUT2D eigenvalue weighted by atomic mass is 10.1. The average molecular weight is 494 g/mol. The molecule has 7 nitrogen and oxygen atoms in total. The van der Waals surface area contributed by atoms with Crippen LogP contribution in [0.1, 0.15) is 21.7 Å². The number of ether oxygens (including phenoxy) is 1. The summed E-state index contributed by atoms with van der Waals surface area (Å²) in [5.74, 6) is 0.750. The molecule has 0 atom stereocenters. The van der Waals surface area contributed by atoms with E-state index in [0.717, 1.165) is 6.26 Å². The molecule has 0 unspecified atom stereocenters. The summed E-state index contributed by atoms with van der Waals surface area (Å²) in [5.41, 5.74) is 1.17. The van der Waals surface area contributed by atoms with Gasteiger partial charge in [0, 0.05) is 11.0 Å². The van der Waals surface area contributed by atoms with Crippen LogP contribution in [0.25, 0.3) is 0 Å². The quantitative estimate of drug-likeness (QED) is 0.436. The zero-order valence-electron chi connectivity index (χ0n) is 16.4. The number of rotatable bonds is 8. The van der Waals surface area contributed by atoms with E-state index in [4.69, 9.17) is 13.3 Å². The third-order valence-corrected chi connectivity index (χ3v) is 5.33. The van der Waals surface area contributed by atoms with Crippen molar-refractivity contribution in [2.24, 2.45) is 0 Å². The summed E-state index contributed by atoms with van der Waals surface area (Å²) in [4.78, 5) is 14.8. The minimum Gasteiger partial charge on any atom is -0.493 e. The van der Waals surface area contributed by atoms with Crippen molar-refractivity contribution in [3.63, 3.8) is 0 Å². The molecule has 1 aromatic heterocycles.